The molecule has 0 spiro atoms. The molecule has 1 amide bonds. The molecule has 1 aromatic carbocycles. The number of para-hydroxylation sites is 1. The average Bonchev–Trinajstić information content (AvgIpc) is 2.55. The monoisotopic (exact) mass is 322 g/mol. The molecular weight excluding hydrogens is 304 g/mol. The molecule has 2 N–H and O–H groups in total. The summed E-state index contributed by atoms with van der Waals surface area (Å²) in [6.45, 7) is 0.715. The molecule has 0 aliphatic carbocycles. The zero-order chi connectivity index (χ0) is 17.1. The van der Waals surface area contributed by atoms with Crippen molar-refractivity contribution in [2.45, 2.75) is 6.54 Å². The van der Waals surface area contributed by atoms with E-state index in [0.717, 1.165) is 11.1 Å². The molecule has 24 heavy (non-hydrogen) atoms. The Balaban J connectivity index is 1.85. The Bertz CT molecular complexity index is 930. The number of hydrogen-bond donors (Lipinski definition) is 2. The Hall–Kier alpha value is -2.99. The van der Waals surface area contributed by atoms with Crippen LogP contribution in [0.2, 0.25) is 0 Å². The summed E-state index contributed by atoms with van der Waals surface area (Å²) < 4.78 is 0. The van der Waals surface area contributed by atoms with Crippen LogP contribution in [0.4, 0.5) is 5.69 Å². The molecule has 0 fully saturated rings. The van der Waals surface area contributed by atoms with Gasteiger partial charge in [-0.1, -0.05) is 12.1 Å². The topological polar surface area (TPSA) is 78.1 Å². The van der Waals surface area contributed by atoms with Crippen LogP contribution in [-0.2, 0) is 6.54 Å². The van der Waals surface area contributed by atoms with Gasteiger partial charge in [-0.15, -0.1) is 0 Å². The fourth-order valence-corrected chi connectivity index (χ4v) is 2.45. The number of benzene rings is 1. The number of hydrogen-bond acceptors (Lipinski definition) is 4. The number of anilines is 1. The first kappa shape index (κ1) is 15.9. The van der Waals surface area contributed by atoms with Crippen molar-refractivity contribution in [2.75, 3.05) is 19.4 Å². The van der Waals surface area contributed by atoms with Crippen LogP contribution in [0.1, 0.15) is 16.1 Å². The lowest BCUT2D eigenvalue weighted by atomic mass is 10.1. The number of pyridine rings is 2. The standard InChI is InChI=1S/C18H18N4O2/c1-22(2)11-14-8-6-13(10-19-14)18(24)20-15-5-3-4-12-7-9-16(23)21-17(12)15/h3-10H,11H2,1-2H3,(H,20,24)(H,21,23). The van der Waals surface area contributed by atoms with Gasteiger partial charge >= 0.3 is 0 Å². The van der Waals surface area contributed by atoms with E-state index in [9.17, 15) is 9.59 Å². The van der Waals surface area contributed by atoms with Crippen LogP contribution >= 0.6 is 0 Å². The number of aromatic nitrogens is 2. The van der Waals surface area contributed by atoms with Gasteiger partial charge in [-0.25, -0.2) is 0 Å². The molecule has 0 aliphatic rings. The predicted molar refractivity (Wildman–Crippen MR) is 94.1 cm³/mol. The fraction of sp³-hybridized carbons (Fsp3) is 0.167. The highest BCUT2D eigenvalue weighted by molar-refractivity contribution is 6.08. The lowest BCUT2D eigenvalue weighted by molar-refractivity contribution is 0.102. The third-order valence-electron chi connectivity index (χ3n) is 3.57. The lowest BCUT2D eigenvalue weighted by Crippen LogP contribution is -2.15. The number of carbonyl (C=O) groups is 1. The van der Waals surface area contributed by atoms with Gasteiger partial charge in [-0.3, -0.25) is 14.6 Å². The van der Waals surface area contributed by atoms with E-state index in [1.807, 2.05) is 37.2 Å². The van der Waals surface area contributed by atoms with Gasteiger partial charge in [0.05, 0.1) is 22.5 Å². The van der Waals surface area contributed by atoms with Crippen LogP contribution in [0.25, 0.3) is 10.9 Å². The Kier molecular flexibility index (Phi) is 4.39. The summed E-state index contributed by atoms with van der Waals surface area (Å²) in [5.74, 6) is -0.267. The van der Waals surface area contributed by atoms with Gasteiger partial charge in [-0.2, -0.15) is 0 Å². The SMILES string of the molecule is CN(C)Cc1ccc(C(=O)Nc2cccc3ccc(=O)[nH]c23)cn1. The molecule has 3 rings (SSSR count). The van der Waals surface area contributed by atoms with E-state index in [0.29, 0.717) is 23.3 Å². The second-order valence-corrected chi connectivity index (χ2v) is 5.82. The molecular formula is C18H18N4O2. The molecule has 0 saturated carbocycles. The quantitative estimate of drug-likeness (QED) is 0.772. The van der Waals surface area contributed by atoms with E-state index in [1.54, 1.807) is 24.4 Å². The Morgan fingerprint density at radius 2 is 2.00 bits per heavy atom. The molecule has 0 saturated heterocycles. The van der Waals surface area contributed by atoms with Gasteiger partial charge in [0, 0.05) is 24.2 Å². The van der Waals surface area contributed by atoms with Crippen LogP contribution < -0.4 is 10.9 Å². The molecule has 2 aromatic heterocycles. The molecule has 0 unspecified atom stereocenters. The fourth-order valence-electron chi connectivity index (χ4n) is 2.45. The van der Waals surface area contributed by atoms with E-state index in [-0.39, 0.29) is 11.5 Å². The molecule has 2 heterocycles. The third-order valence-corrected chi connectivity index (χ3v) is 3.57. The van der Waals surface area contributed by atoms with Gasteiger partial charge in [0.2, 0.25) is 5.56 Å². The van der Waals surface area contributed by atoms with Crippen LogP contribution in [0.5, 0.6) is 0 Å². The number of rotatable bonds is 4. The van der Waals surface area contributed by atoms with Crippen LogP contribution in [0.15, 0.2) is 53.5 Å². The number of H-pyrrole nitrogens is 1. The number of fused-ring (bicyclic) bond motifs is 1. The zero-order valence-corrected chi connectivity index (χ0v) is 13.5. The van der Waals surface area contributed by atoms with Crippen molar-refractivity contribution >= 4 is 22.5 Å². The maximum atomic E-state index is 12.4. The molecule has 0 radical (unpaired) electrons. The van der Waals surface area contributed by atoms with E-state index in [4.69, 9.17) is 0 Å². The predicted octanol–water partition coefficient (Wildman–Crippen LogP) is 2.24. The van der Waals surface area contributed by atoms with Gasteiger partial charge in [0.1, 0.15) is 0 Å². The summed E-state index contributed by atoms with van der Waals surface area (Å²) in [5, 5.41) is 3.68. The highest BCUT2D eigenvalue weighted by Gasteiger charge is 2.10. The number of aromatic amines is 1. The third kappa shape index (κ3) is 3.49. The summed E-state index contributed by atoms with van der Waals surface area (Å²) in [5.41, 5.74) is 2.32. The minimum atomic E-state index is -0.267. The summed E-state index contributed by atoms with van der Waals surface area (Å²) in [6, 6.07) is 12.2. The van der Waals surface area contributed by atoms with Crippen molar-refractivity contribution in [1.82, 2.24) is 14.9 Å². The molecule has 0 aliphatic heterocycles. The van der Waals surface area contributed by atoms with Crippen molar-refractivity contribution in [3.05, 3.63) is 70.3 Å². The molecule has 6 nitrogen and oxygen atoms in total. The van der Waals surface area contributed by atoms with E-state index < -0.39 is 0 Å². The van der Waals surface area contributed by atoms with Crippen molar-refractivity contribution in [2.24, 2.45) is 0 Å². The lowest BCUT2D eigenvalue weighted by Gasteiger charge is -2.10. The first-order valence-corrected chi connectivity index (χ1v) is 7.56. The van der Waals surface area contributed by atoms with E-state index in [1.165, 1.54) is 6.07 Å². The minimum Gasteiger partial charge on any atom is -0.320 e. The van der Waals surface area contributed by atoms with Crippen molar-refractivity contribution < 1.29 is 4.79 Å². The van der Waals surface area contributed by atoms with Crippen molar-refractivity contribution in [1.29, 1.82) is 0 Å². The first-order valence-electron chi connectivity index (χ1n) is 7.56. The Morgan fingerprint density at radius 3 is 2.71 bits per heavy atom. The van der Waals surface area contributed by atoms with Gasteiger partial charge in [0.25, 0.3) is 5.91 Å². The zero-order valence-electron chi connectivity index (χ0n) is 13.5. The van der Waals surface area contributed by atoms with E-state index in [2.05, 4.69) is 15.3 Å². The highest BCUT2D eigenvalue weighted by atomic mass is 16.1. The summed E-state index contributed by atoms with van der Waals surface area (Å²) in [7, 11) is 3.92. The van der Waals surface area contributed by atoms with Gasteiger partial charge in [-0.05, 0) is 38.4 Å². The molecule has 0 atom stereocenters. The first-order chi connectivity index (χ1) is 11.5. The maximum absolute atomic E-state index is 12.4. The summed E-state index contributed by atoms with van der Waals surface area (Å²) >= 11 is 0. The smallest absolute Gasteiger partial charge is 0.257 e. The van der Waals surface area contributed by atoms with Crippen LogP contribution in [0, 0.1) is 0 Å². The number of nitrogens with zero attached hydrogens (tertiary/aromatic N) is 2. The Morgan fingerprint density at radius 1 is 1.17 bits per heavy atom. The average molecular weight is 322 g/mol. The second-order valence-electron chi connectivity index (χ2n) is 5.82. The molecule has 3 aromatic rings. The second kappa shape index (κ2) is 6.64. The van der Waals surface area contributed by atoms with Gasteiger partial charge in [0.15, 0.2) is 0 Å². The largest absolute Gasteiger partial charge is 0.320 e. The number of nitrogens with one attached hydrogen (secondary N) is 2. The van der Waals surface area contributed by atoms with Crippen molar-refractivity contribution in [3.63, 3.8) is 0 Å². The molecule has 6 heteroatoms. The highest BCUT2D eigenvalue weighted by Crippen LogP contribution is 2.20. The number of carbonyl (C=O) groups excluding carboxylic acids is 1. The summed E-state index contributed by atoms with van der Waals surface area (Å²) in [6.07, 6.45) is 1.56. The van der Waals surface area contributed by atoms with Crippen molar-refractivity contribution in [3.8, 4) is 0 Å². The van der Waals surface area contributed by atoms with Crippen LogP contribution in [0.3, 0.4) is 0 Å². The molecule has 122 valence electrons. The maximum Gasteiger partial charge on any atom is 0.257 e. The van der Waals surface area contributed by atoms with Crippen LogP contribution in [-0.4, -0.2) is 34.9 Å². The summed E-state index contributed by atoms with van der Waals surface area (Å²) in [4.78, 5) is 33.0. The van der Waals surface area contributed by atoms with E-state index >= 15 is 0 Å². The normalized spacial score (nSPS) is 11.0. The van der Waals surface area contributed by atoms with Gasteiger partial charge < -0.3 is 15.2 Å². The molecule has 0 bridgehead atoms. The Labute approximate surface area is 139 Å². The minimum absolute atomic E-state index is 0.209. The number of amides is 1.